The van der Waals surface area contributed by atoms with Gasteiger partial charge in [-0.05, 0) is 31.0 Å². The Hall–Kier alpha value is -0.500. The molecule has 1 aliphatic rings. The van der Waals surface area contributed by atoms with Gasteiger partial charge in [-0.3, -0.25) is 0 Å². The van der Waals surface area contributed by atoms with Crippen LogP contribution in [-0.2, 0) is 10.0 Å². The molecule has 1 aromatic carbocycles. The van der Waals surface area contributed by atoms with Gasteiger partial charge >= 0.3 is 0 Å². The van der Waals surface area contributed by atoms with Crippen LogP contribution >= 0.6 is 15.9 Å². The molecule has 1 aliphatic heterocycles. The van der Waals surface area contributed by atoms with Crippen molar-refractivity contribution in [1.29, 1.82) is 0 Å². The smallest absolute Gasteiger partial charge is 0.246 e. The number of benzene rings is 1. The molecule has 0 bridgehead atoms. The second-order valence-corrected chi connectivity index (χ2v) is 6.94. The summed E-state index contributed by atoms with van der Waals surface area (Å²) in [5.74, 6) is -0.784. The second kappa shape index (κ2) is 5.24. The number of sulfonamides is 1. The summed E-state index contributed by atoms with van der Waals surface area (Å²) in [5, 5.41) is 9.15. The first-order valence-corrected chi connectivity index (χ1v) is 7.78. The highest BCUT2D eigenvalue weighted by Crippen LogP contribution is 2.28. The van der Waals surface area contributed by atoms with Crippen LogP contribution in [-0.4, -0.2) is 37.0 Å². The maximum absolute atomic E-state index is 13.7. The maximum Gasteiger partial charge on any atom is 0.246 e. The highest BCUT2D eigenvalue weighted by molar-refractivity contribution is 9.10. The number of hydrogen-bond acceptors (Lipinski definition) is 3. The molecule has 0 aliphatic carbocycles. The summed E-state index contributed by atoms with van der Waals surface area (Å²) in [6.07, 6.45) is 1.29. The van der Waals surface area contributed by atoms with Crippen molar-refractivity contribution >= 4 is 26.0 Å². The van der Waals surface area contributed by atoms with Crippen molar-refractivity contribution in [2.45, 2.75) is 23.8 Å². The summed E-state index contributed by atoms with van der Waals surface area (Å²) < 4.78 is 40.0. The Labute approximate surface area is 114 Å². The van der Waals surface area contributed by atoms with Crippen LogP contribution in [0.5, 0.6) is 0 Å². The molecule has 7 heteroatoms. The van der Waals surface area contributed by atoms with E-state index in [1.54, 1.807) is 0 Å². The molecular formula is C11H13BrFNO3S. The quantitative estimate of drug-likeness (QED) is 0.913. The van der Waals surface area contributed by atoms with Gasteiger partial charge in [0.2, 0.25) is 10.0 Å². The van der Waals surface area contributed by atoms with Crippen molar-refractivity contribution in [2.75, 3.05) is 13.2 Å². The summed E-state index contributed by atoms with van der Waals surface area (Å²) >= 11 is 3.08. The summed E-state index contributed by atoms with van der Waals surface area (Å²) in [5.41, 5.74) is 0. The molecule has 0 aromatic heterocycles. The molecule has 100 valence electrons. The highest BCUT2D eigenvalue weighted by atomic mass is 79.9. The molecule has 0 amide bonds. The monoisotopic (exact) mass is 337 g/mol. The molecule has 0 saturated carbocycles. The van der Waals surface area contributed by atoms with Gasteiger partial charge in [-0.2, -0.15) is 4.31 Å². The van der Waals surface area contributed by atoms with Gasteiger partial charge in [0.15, 0.2) is 0 Å². The lowest BCUT2D eigenvalue weighted by Gasteiger charge is -2.22. The summed E-state index contributed by atoms with van der Waals surface area (Å²) in [6.45, 7) is 0.0838. The lowest BCUT2D eigenvalue weighted by molar-refractivity contribution is 0.213. The molecule has 1 saturated heterocycles. The largest absolute Gasteiger partial charge is 0.395 e. The van der Waals surface area contributed by atoms with Crippen LogP contribution < -0.4 is 0 Å². The Balaban J connectivity index is 2.42. The van der Waals surface area contributed by atoms with E-state index in [1.807, 2.05) is 0 Å². The SMILES string of the molecule is O=S(=O)(c1ccc(Br)cc1F)N1CCCC1CO. The van der Waals surface area contributed by atoms with Crippen molar-refractivity contribution in [3.8, 4) is 0 Å². The van der Waals surface area contributed by atoms with Crippen molar-refractivity contribution in [3.05, 3.63) is 28.5 Å². The molecule has 0 radical (unpaired) electrons. The first-order chi connectivity index (χ1) is 8.46. The van der Waals surface area contributed by atoms with Gasteiger partial charge in [0.05, 0.1) is 6.61 Å². The predicted octanol–water partition coefficient (Wildman–Crippen LogP) is 1.73. The minimum Gasteiger partial charge on any atom is -0.395 e. The fourth-order valence-corrected chi connectivity index (χ4v) is 4.18. The normalized spacial score (nSPS) is 21.4. The van der Waals surface area contributed by atoms with Crippen molar-refractivity contribution in [1.82, 2.24) is 4.31 Å². The predicted molar refractivity (Wildman–Crippen MR) is 68.1 cm³/mol. The lowest BCUT2D eigenvalue weighted by atomic mass is 10.2. The van der Waals surface area contributed by atoms with Crippen LogP contribution in [0.1, 0.15) is 12.8 Å². The van der Waals surface area contributed by atoms with E-state index in [1.165, 1.54) is 16.4 Å². The van der Waals surface area contributed by atoms with E-state index >= 15 is 0 Å². The van der Waals surface area contributed by atoms with Crippen molar-refractivity contribution in [3.63, 3.8) is 0 Å². The molecule has 18 heavy (non-hydrogen) atoms. The number of nitrogens with zero attached hydrogens (tertiary/aromatic N) is 1. The Morgan fingerprint density at radius 1 is 1.50 bits per heavy atom. The van der Waals surface area contributed by atoms with Gasteiger partial charge in [-0.25, -0.2) is 12.8 Å². The zero-order chi connectivity index (χ0) is 13.3. The molecule has 0 spiro atoms. The fourth-order valence-electron chi connectivity index (χ4n) is 2.12. The zero-order valence-electron chi connectivity index (χ0n) is 9.51. The number of aliphatic hydroxyl groups is 1. The van der Waals surface area contributed by atoms with Crippen LogP contribution in [0.4, 0.5) is 4.39 Å². The summed E-state index contributed by atoms with van der Waals surface area (Å²) in [6, 6.07) is 3.40. The second-order valence-electron chi connectivity index (χ2n) is 4.17. The van der Waals surface area contributed by atoms with Gasteiger partial charge < -0.3 is 5.11 Å². The Bertz CT molecular complexity index is 549. The molecule has 2 rings (SSSR count). The number of hydrogen-bond donors (Lipinski definition) is 1. The standard InChI is InChI=1S/C11H13BrFNO3S/c12-8-3-4-11(10(13)6-8)18(16,17)14-5-1-2-9(14)7-15/h3-4,6,9,15H,1-2,5,7H2. The van der Waals surface area contributed by atoms with Crippen LogP contribution in [0, 0.1) is 5.82 Å². The van der Waals surface area contributed by atoms with Crippen LogP contribution in [0.3, 0.4) is 0 Å². The third kappa shape index (κ3) is 2.45. The van der Waals surface area contributed by atoms with Gasteiger partial charge in [-0.15, -0.1) is 0 Å². The van der Waals surface area contributed by atoms with Gasteiger partial charge in [-0.1, -0.05) is 15.9 Å². The van der Waals surface area contributed by atoms with E-state index in [2.05, 4.69) is 15.9 Å². The van der Waals surface area contributed by atoms with E-state index in [0.717, 1.165) is 6.07 Å². The average molecular weight is 338 g/mol. The Kier molecular flexibility index (Phi) is 4.05. The van der Waals surface area contributed by atoms with Gasteiger partial charge in [0.25, 0.3) is 0 Å². The molecule has 1 atom stereocenters. The number of aliphatic hydroxyl groups excluding tert-OH is 1. The molecule has 1 N–H and O–H groups in total. The van der Waals surface area contributed by atoms with Crippen molar-refractivity contribution in [2.24, 2.45) is 0 Å². The van der Waals surface area contributed by atoms with Crippen molar-refractivity contribution < 1.29 is 17.9 Å². The molecule has 1 fully saturated rings. The molecule has 4 nitrogen and oxygen atoms in total. The number of rotatable bonds is 3. The van der Waals surface area contributed by atoms with Crippen LogP contribution in [0.15, 0.2) is 27.6 Å². The van der Waals surface area contributed by atoms with Crippen LogP contribution in [0.25, 0.3) is 0 Å². The van der Waals surface area contributed by atoms with E-state index in [9.17, 15) is 12.8 Å². The summed E-state index contributed by atoms with van der Waals surface area (Å²) in [4.78, 5) is -0.342. The van der Waals surface area contributed by atoms with E-state index in [0.29, 0.717) is 23.9 Å². The lowest BCUT2D eigenvalue weighted by Crippen LogP contribution is -2.37. The maximum atomic E-state index is 13.7. The summed E-state index contributed by atoms with van der Waals surface area (Å²) in [7, 11) is -3.87. The Morgan fingerprint density at radius 3 is 2.83 bits per heavy atom. The highest BCUT2D eigenvalue weighted by Gasteiger charge is 2.36. The van der Waals surface area contributed by atoms with Crippen LogP contribution in [0.2, 0.25) is 0 Å². The zero-order valence-corrected chi connectivity index (χ0v) is 11.9. The number of halogens is 2. The molecule has 1 unspecified atom stereocenters. The molecular weight excluding hydrogens is 325 g/mol. The minimum absolute atomic E-state index is 0.239. The molecule has 1 heterocycles. The van der Waals surface area contributed by atoms with Gasteiger partial charge in [0, 0.05) is 17.1 Å². The van der Waals surface area contributed by atoms with E-state index in [4.69, 9.17) is 5.11 Å². The third-order valence-electron chi connectivity index (χ3n) is 3.01. The van der Waals surface area contributed by atoms with E-state index in [-0.39, 0.29) is 11.5 Å². The average Bonchev–Trinajstić information content (AvgIpc) is 2.76. The Morgan fingerprint density at radius 2 is 2.22 bits per heavy atom. The minimum atomic E-state index is -3.87. The molecule has 1 aromatic rings. The third-order valence-corrected chi connectivity index (χ3v) is 5.49. The first kappa shape index (κ1) is 13.9. The first-order valence-electron chi connectivity index (χ1n) is 5.54. The fraction of sp³-hybridized carbons (Fsp3) is 0.455. The topological polar surface area (TPSA) is 57.6 Å². The van der Waals surface area contributed by atoms with Gasteiger partial charge in [0.1, 0.15) is 10.7 Å². The van der Waals surface area contributed by atoms with E-state index < -0.39 is 21.9 Å².